The average Bonchev–Trinajstić information content (AvgIpc) is 2.35. The summed E-state index contributed by atoms with van der Waals surface area (Å²) in [5.74, 6) is 0. The molecule has 1 aromatic rings. The van der Waals surface area contributed by atoms with Crippen LogP contribution in [0, 0.1) is 6.92 Å². The van der Waals surface area contributed by atoms with E-state index in [-0.39, 0.29) is 13.2 Å². The summed E-state index contributed by atoms with van der Waals surface area (Å²) in [4.78, 5) is 11.4. The molecular formula is C13H17F3N2O2. The standard InChI is InChI=1S/C13H17F3N2O2/c1-10-3-5-11(6-4-10)18-12(19)17-7-2-8-20-9-13(14,15)16/h3-6H,2,7-9H2,1H3,(H2,17,18,19). The topological polar surface area (TPSA) is 50.4 Å². The Balaban J connectivity index is 2.10. The van der Waals surface area contributed by atoms with Gasteiger partial charge in [-0.2, -0.15) is 13.2 Å². The number of alkyl halides is 3. The zero-order chi connectivity index (χ0) is 15.0. The van der Waals surface area contributed by atoms with Crippen LogP contribution in [-0.4, -0.2) is 32.0 Å². The molecule has 0 fully saturated rings. The smallest absolute Gasteiger partial charge is 0.372 e. The molecule has 0 heterocycles. The maximum Gasteiger partial charge on any atom is 0.411 e. The molecule has 0 atom stereocenters. The van der Waals surface area contributed by atoms with Crippen molar-refractivity contribution >= 4 is 11.7 Å². The van der Waals surface area contributed by atoms with Crippen molar-refractivity contribution in [3.63, 3.8) is 0 Å². The van der Waals surface area contributed by atoms with Gasteiger partial charge in [0.25, 0.3) is 0 Å². The molecule has 0 radical (unpaired) electrons. The molecule has 0 aliphatic carbocycles. The van der Waals surface area contributed by atoms with Crippen molar-refractivity contribution in [1.82, 2.24) is 5.32 Å². The summed E-state index contributed by atoms with van der Waals surface area (Å²) >= 11 is 0. The third kappa shape index (κ3) is 7.63. The fourth-order valence-corrected chi connectivity index (χ4v) is 1.38. The summed E-state index contributed by atoms with van der Waals surface area (Å²) in [6.07, 6.45) is -3.99. The van der Waals surface area contributed by atoms with Crippen LogP contribution < -0.4 is 10.6 Å². The molecule has 0 aliphatic rings. The van der Waals surface area contributed by atoms with E-state index in [9.17, 15) is 18.0 Å². The summed E-state index contributed by atoms with van der Waals surface area (Å²) in [5.41, 5.74) is 1.74. The van der Waals surface area contributed by atoms with E-state index in [2.05, 4.69) is 15.4 Å². The molecule has 2 amide bonds. The van der Waals surface area contributed by atoms with Crippen LogP contribution in [0.25, 0.3) is 0 Å². The number of carbonyl (C=O) groups is 1. The lowest BCUT2D eigenvalue weighted by atomic mass is 10.2. The number of hydrogen-bond donors (Lipinski definition) is 2. The minimum atomic E-state index is -4.31. The first-order valence-corrected chi connectivity index (χ1v) is 6.13. The minimum Gasteiger partial charge on any atom is -0.372 e. The maximum atomic E-state index is 11.8. The van der Waals surface area contributed by atoms with Gasteiger partial charge in [-0.05, 0) is 25.5 Å². The molecule has 7 heteroatoms. The first kappa shape index (κ1) is 16.3. The molecule has 1 rings (SSSR count). The number of amides is 2. The van der Waals surface area contributed by atoms with Crippen molar-refractivity contribution in [3.8, 4) is 0 Å². The second kappa shape index (κ2) is 7.74. The van der Waals surface area contributed by atoms with Gasteiger partial charge in [0.2, 0.25) is 0 Å². The van der Waals surface area contributed by atoms with Gasteiger partial charge in [-0.15, -0.1) is 0 Å². The number of ether oxygens (including phenoxy) is 1. The molecule has 0 unspecified atom stereocenters. The second-order valence-corrected chi connectivity index (χ2v) is 4.27. The lowest BCUT2D eigenvalue weighted by Crippen LogP contribution is -2.30. The Hall–Kier alpha value is -1.76. The van der Waals surface area contributed by atoms with Gasteiger partial charge >= 0.3 is 12.2 Å². The molecule has 0 aromatic heterocycles. The Morgan fingerprint density at radius 3 is 2.50 bits per heavy atom. The normalized spacial score (nSPS) is 11.2. The van der Waals surface area contributed by atoms with Gasteiger partial charge in [0, 0.05) is 18.8 Å². The fraction of sp³-hybridized carbons (Fsp3) is 0.462. The van der Waals surface area contributed by atoms with E-state index in [1.807, 2.05) is 19.1 Å². The van der Waals surface area contributed by atoms with Gasteiger partial charge in [-0.3, -0.25) is 0 Å². The average molecular weight is 290 g/mol. The Morgan fingerprint density at radius 1 is 1.25 bits per heavy atom. The van der Waals surface area contributed by atoms with E-state index in [0.29, 0.717) is 12.1 Å². The highest BCUT2D eigenvalue weighted by atomic mass is 19.4. The van der Waals surface area contributed by atoms with E-state index in [0.717, 1.165) is 5.56 Å². The number of anilines is 1. The number of urea groups is 1. The molecule has 20 heavy (non-hydrogen) atoms. The van der Waals surface area contributed by atoms with Gasteiger partial charge in [0.1, 0.15) is 6.61 Å². The van der Waals surface area contributed by atoms with Gasteiger partial charge in [-0.25, -0.2) is 4.79 Å². The Labute approximate surface area is 115 Å². The van der Waals surface area contributed by atoms with E-state index in [4.69, 9.17) is 0 Å². The first-order valence-electron chi connectivity index (χ1n) is 6.13. The summed E-state index contributed by atoms with van der Waals surface area (Å²) in [6, 6.07) is 6.86. The number of rotatable bonds is 6. The third-order valence-electron chi connectivity index (χ3n) is 2.33. The van der Waals surface area contributed by atoms with Gasteiger partial charge in [0.05, 0.1) is 0 Å². The van der Waals surface area contributed by atoms with Crippen LogP contribution in [0.15, 0.2) is 24.3 Å². The molecule has 0 spiro atoms. The predicted octanol–water partition coefficient (Wildman–Crippen LogP) is 3.09. The van der Waals surface area contributed by atoms with Crippen molar-refractivity contribution in [3.05, 3.63) is 29.8 Å². The van der Waals surface area contributed by atoms with Crippen molar-refractivity contribution < 1.29 is 22.7 Å². The summed E-state index contributed by atoms with van der Waals surface area (Å²) in [5, 5.41) is 5.15. The quantitative estimate of drug-likeness (QED) is 0.791. The molecule has 1 aromatic carbocycles. The molecule has 2 N–H and O–H groups in total. The highest BCUT2D eigenvalue weighted by molar-refractivity contribution is 5.89. The molecular weight excluding hydrogens is 273 g/mol. The molecule has 0 aliphatic heterocycles. The monoisotopic (exact) mass is 290 g/mol. The van der Waals surface area contributed by atoms with E-state index in [1.165, 1.54) is 0 Å². The third-order valence-corrected chi connectivity index (χ3v) is 2.33. The molecule has 4 nitrogen and oxygen atoms in total. The van der Waals surface area contributed by atoms with Crippen molar-refractivity contribution in [1.29, 1.82) is 0 Å². The van der Waals surface area contributed by atoms with Gasteiger partial charge in [0.15, 0.2) is 0 Å². The van der Waals surface area contributed by atoms with Crippen molar-refractivity contribution in [2.24, 2.45) is 0 Å². The maximum absolute atomic E-state index is 11.8. The van der Waals surface area contributed by atoms with Crippen LogP contribution in [0.4, 0.5) is 23.7 Å². The predicted molar refractivity (Wildman–Crippen MR) is 69.7 cm³/mol. The number of hydrogen-bond acceptors (Lipinski definition) is 2. The first-order chi connectivity index (χ1) is 9.37. The number of aryl methyl sites for hydroxylation is 1. The van der Waals surface area contributed by atoms with Crippen molar-refractivity contribution in [2.75, 3.05) is 25.1 Å². The number of halogens is 3. The highest BCUT2D eigenvalue weighted by Gasteiger charge is 2.27. The molecule has 112 valence electrons. The largest absolute Gasteiger partial charge is 0.411 e. The Kier molecular flexibility index (Phi) is 6.30. The van der Waals surface area contributed by atoms with Crippen LogP contribution in [0.3, 0.4) is 0 Å². The summed E-state index contributed by atoms with van der Waals surface area (Å²) < 4.78 is 39.7. The summed E-state index contributed by atoms with van der Waals surface area (Å²) in [6.45, 7) is 0.868. The molecule has 0 saturated carbocycles. The zero-order valence-electron chi connectivity index (χ0n) is 11.1. The van der Waals surface area contributed by atoms with E-state index < -0.39 is 18.8 Å². The molecule has 0 saturated heterocycles. The lowest BCUT2D eigenvalue weighted by Gasteiger charge is -2.09. The van der Waals surface area contributed by atoms with Gasteiger partial charge in [-0.1, -0.05) is 17.7 Å². The SMILES string of the molecule is Cc1ccc(NC(=O)NCCCOCC(F)(F)F)cc1. The second-order valence-electron chi connectivity index (χ2n) is 4.27. The van der Waals surface area contributed by atoms with Crippen LogP contribution in [0.1, 0.15) is 12.0 Å². The highest BCUT2D eigenvalue weighted by Crippen LogP contribution is 2.14. The number of benzene rings is 1. The van der Waals surface area contributed by atoms with Crippen LogP contribution >= 0.6 is 0 Å². The molecule has 0 bridgehead atoms. The van der Waals surface area contributed by atoms with Crippen LogP contribution in [0.2, 0.25) is 0 Å². The van der Waals surface area contributed by atoms with Crippen molar-refractivity contribution in [2.45, 2.75) is 19.5 Å². The van der Waals surface area contributed by atoms with E-state index in [1.54, 1.807) is 12.1 Å². The Morgan fingerprint density at radius 2 is 1.90 bits per heavy atom. The fourth-order valence-electron chi connectivity index (χ4n) is 1.38. The van der Waals surface area contributed by atoms with Gasteiger partial charge < -0.3 is 15.4 Å². The van der Waals surface area contributed by atoms with Crippen LogP contribution in [0.5, 0.6) is 0 Å². The lowest BCUT2D eigenvalue weighted by molar-refractivity contribution is -0.173. The Bertz CT molecular complexity index is 419. The number of carbonyl (C=O) groups excluding carboxylic acids is 1. The zero-order valence-corrected chi connectivity index (χ0v) is 11.1. The summed E-state index contributed by atoms with van der Waals surface area (Å²) in [7, 11) is 0. The van der Waals surface area contributed by atoms with E-state index >= 15 is 0 Å². The minimum absolute atomic E-state index is 0.0513. The van der Waals surface area contributed by atoms with Crippen LogP contribution in [-0.2, 0) is 4.74 Å². The number of nitrogens with one attached hydrogen (secondary N) is 2.